The molecule has 1 aromatic heterocycles. The van der Waals surface area contributed by atoms with E-state index in [1.54, 1.807) is 24.5 Å². The fourth-order valence-corrected chi connectivity index (χ4v) is 5.74. The molecule has 0 amide bonds. The number of halogens is 1. The Morgan fingerprint density at radius 1 is 0.939 bits per heavy atom. The minimum atomic E-state index is -3.21. The SMILES string of the molecule is CCOP(=O)(Cc1ccc(-c2nc3ccc(Br)cc3c(=O)n2-c2ccccc2)cc1)OCC. The monoisotopic (exact) mass is 526 g/mol. The van der Waals surface area contributed by atoms with Crippen molar-refractivity contribution in [2.45, 2.75) is 20.0 Å². The Bertz CT molecular complexity index is 1360. The molecule has 0 aliphatic heterocycles. The lowest BCUT2D eigenvalue weighted by Crippen LogP contribution is -2.22. The van der Waals surface area contributed by atoms with Gasteiger partial charge < -0.3 is 9.05 Å². The van der Waals surface area contributed by atoms with Crippen molar-refractivity contribution in [2.75, 3.05) is 13.2 Å². The molecule has 0 fully saturated rings. The van der Waals surface area contributed by atoms with E-state index >= 15 is 0 Å². The molecular formula is C25H24BrN2O4P. The average molecular weight is 527 g/mol. The third kappa shape index (κ3) is 5.17. The minimum absolute atomic E-state index is 0.149. The lowest BCUT2D eigenvalue weighted by atomic mass is 10.1. The van der Waals surface area contributed by atoms with Crippen molar-refractivity contribution < 1.29 is 13.6 Å². The van der Waals surface area contributed by atoms with Gasteiger partial charge in [-0.2, -0.15) is 0 Å². The molecule has 0 bridgehead atoms. The number of fused-ring (bicyclic) bond motifs is 1. The molecule has 6 nitrogen and oxygen atoms in total. The van der Waals surface area contributed by atoms with Crippen molar-refractivity contribution in [2.24, 2.45) is 0 Å². The van der Waals surface area contributed by atoms with Crippen LogP contribution in [0.5, 0.6) is 0 Å². The standard InChI is InChI=1S/C25H24BrN2O4P/c1-3-31-33(30,32-4-2)17-18-10-12-19(13-11-18)24-27-23-15-14-20(26)16-22(23)25(29)28(24)21-8-6-5-7-9-21/h5-16H,3-4,17H2,1-2H3. The van der Waals surface area contributed by atoms with Gasteiger partial charge in [0.05, 0.1) is 36.0 Å². The molecule has 33 heavy (non-hydrogen) atoms. The summed E-state index contributed by atoms with van der Waals surface area (Å²) in [5.74, 6) is 0.533. The van der Waals surface area contributed by atoms with E-state index in [1.807, 2.05) is 66.7 Å². The zero-order valence-electron chi connectivity index (χ0n) is 18.4. The highest BCUT2D eigenvalue weighted by Gasteiger charge is 2.24. The molecule has 3 aromatic carbocycles. The highest BCUT2D eigenvalue weighted by molar-refractivity contribution is 9.10. The minimum Gasteiger partial charge on any atom is -0.309 e. The lowest BCUT2D eigenvalue weighted by Gasteiger charge is -2.17. The topological polar surface area (TPSA) is 70.4 Å². The molecule has 4 rings (SSSR count). The summed E-state index contributed by atoms with van der Waals surface area (Å²) in [6, 6.07) is 22.4. The zero-order chi connectivity index (χ0) is 23.4. The lowest BCUT2D eigenvalue weighted by molar-refractivity contribution is 0.219. The summed E-state index contributed by atoms with van der Waals surface area (Å²) in [4.78, 5) is 18.3. The van der Waals surface area contributed by atoms with Crippen molar-refractivity contribution in [3.63, 3.8) is 0 Å². The number of aromatic nitrogens is 2. The Morgan fingerprint density at radius 2 is 1.61 bits per heavy atom. The molecule has 0 aliphatic carbocycles. The van der Waals surface area contributed by atoms with Gasteiger partial charge in [-0.05, 0) is 49.7 Å². The second kappa shape index (κ2) is 10.1. The third-order valence-corrected chi connectivity index (χ3v) is 7.63. The van der Waals surface area contributed by atoms with E-state index in [0.29, 0.717) is 29.9 Å². The van der Waals surface area contributed by atoms with Gasteiger partial charge in [0.25, 0.3) is 5.56 Å². The van der Waals surface area contributed by atoms with Crippen LogP contribution in [0.4, 0.5) is 0 Å². The molecule has 0 saturated heterocycles. The number of hydrogen-bond donors (Lipinski definition) is 0. The first-order valence-electron chi connectivity index (χ1n) is 10.7. The van der Waals surface area contributed by atoms with Crippen molar-refractivity contribution in [1.29, 1.82) is 0 Å². The van der Waals surface area contributed by atoms with E-state index in [2.05, 4.69) is 15.9 Å². The second-order valence-corrected chi connectivity index (χ2v) is 10.3. The predicted octanol–water partition coefficient (Wildman–Crippen LogP) is 6.58. The van der Waals surface area contributed by atoms with Crippen LogP contribution >= 0.6 is 23.5 Å². The van der Waals surface area contributed by atoms with E-state index in [9.17, 15) is 9.36 Å². The fourth-order valence-electron chi connectivity index (χ4n) is 3.67. The summed E-state index contributed by atoms with van der Waals surface area (Å²) in [7, 11) is -3.21. The Kier molecular flexibility index (Phi) is 7.25. The molecule has 0 spiro atoms. The summed E-state index contributed by atoms with van der Waals surface area (Å²) < 4.78 is 26.1. The van der Waals surface area contributed by atoms with E-state index in [0.717, 1.165) is 21.3 Å². The van der Waals surface area contributed by atoms with Crippen LogP contribution in [0.2, 0.25) is 0 Å². The number of hydrogen-bond acceptors (Lipinski definition) is 5. The third-order valence-electron chi connectivity index (χ3n) is 5.08. The van der Waals surface area contributed by atoms with Crippen molar-refractivity contribution in [3.8, 4) is 17.1 Å². The van der Waals surface area contributed by atoms with Crippen molar-refractivity contribution >= 4 is 34.4 Å². The largest absolute Gasteiger partial charge is 0.335 e. The van der Waals surface area contributed by atoms with Gasteiger partial charge in [0.2, 0.25) is 0 Å². The smallest absolute Gasteiger partial charge is 0.309 e. The molecule has 0 radical (unpaired) electrons. The molecule has 0 saturated carbocycles. The predicted molar refractivity (Wildman–Crippen MR) is 135 cm³/mol. The van der Waals surface area contributed by atoms with Gasteiger partial charge in [-0.15, -0.1) is 0 Å². The van der Waals surface area contributed by atoms with Crippen LogP contribution in [0.15, 0.2) is 82.1 Å². The maximum atomic E-state index is 13.5. The average Bonchev–Trinajstić information content (AvgIpc) is 2.81. The Labute approximate surface area is 200 Å². The normalized spacial score (nSPS) is 11.7. The number of rotatable bonds is 8. The van der Waals surface area contributed by atoms with E-state index < -0.39 is 7.60 Å². The molecule has 1 heterocycles. The molecule has 0 N–H and O–H groups in total. The first kappa shape index (κ1) is 23.6. The number of benzene rings is 3. The molecule has 8 heteroatoms. The van der Waals surface area contributed by atoms with Crippen molar-refractivity contribution in [3.05, 3.63) is 93.2 Å². The summed E-state index contributed by atoms with van der Waals surface area (Å²) in [6.07, 6.45) is 0.180. The summed E-state index contributed by atoms with van der Waals surface area (Å²) in [5.41, 5.74) is 2.79. The van der Waals surface area contributed by atoms with Crippen molar-refractivity contribution in [1.82, 2.24) is 9.55 Å². The summed E-state index contributed by atoms with van der Waals surface area (Å²) in [6.45, 7) is 4.22. The summed E-state index contributed by atoms with van der Waals surface area (Å²) in [5, 5.41) is 0.531. The van der Waals surface area contributed by atoms with Crippen LogP contribution in [-0.2, 0) is 19.8 Å². The Morgan fingerprint density at radius 3 is 2.24 bits per heavy atom. The van der Waals surface area contributed by atoms with Gasteiger partial charge in [-0.3, -0.25) is 13.9 Å². The molecule has 4 aromatic rings. The maximum absolute atomic E-state index is 13.5. The second-order valence-electron chi connectivity index (χ2n) is 7.37. The van der Waals surface area contributed by atoms with Crippen LogP contribution in [0.1, 0.15) is 19.4 Å². The molecule has 0 unspecified atom stereocenters. The van der Waals surface area contributed by atoms with Crippen LogP contribution in [-0.4, -0.2) is 22.8 Å². The Balaban J connectivity index is 1.82. The van der Waals surface area contributed by atoms with E-state index in [4.69, 9.17) is 14.0 Å². The van der Waals surface area contributed by atoms with Gasteiger partial charge >= 0.3 is 7.60 Å². The zero-order valence-corrected chi connectivity index (χ0v) is 20.9. The van der Waals surface area contributed by atoms with E-state index in [1.165, 1.54) is 0 Å². The quantitative estimate of drug-likeness (QED) is 0.242. The first-order valence-corrected chi connectivity index (χ1v) is 13.2. The van der Waals surface area contributed by atoms with Crippen LogP contribution in [0.3, 0.4) is 0 Å². The number of para-hydroxylation sites is 1. The van der Waals surface area contributed by atoms with Gasteiger partial charge in [0, 0.05) is 10.0 Å². The molecule has 0 aliphatic rings. The number of nitrogens with zero attached hydrogens (tertiary/aromatic N) is 2. The highest BCUT2D eigenvalue weighted by atomic mass is 79.9. The van der Waals surface area contributed by atoms with Gasteiger partial charge in [-0.25, -0.2) is 4.98 Å². The van der Waals surface area contributed by atoms with Gasteiger partial charge in [0.15, 0.2) is 0 Å². The molecule has 170 valence electrons. The van der Waals surface area contributed by atoms with Crippen LogP contribution < -0.4 is 5.56 Å². The highest BCUT2D eigenvalue weighted by Crippen LogP contribution is 2.51. The van der Waals surface area contributed by atoms with Gasteiger partial charge in [0.1, 0.15) is 5.82 Å². The Hall–Kier alpha value is -2.57. The summed E-state index contributed by atoms with van der Waals surface area (Å²) >= 11 is 3.45. The van der Waals surface area contributed by atoms with Gasteiger partial charge in [-0.1, -0.05) is 58.4 Å². The molecule has 0 atom stereocenters. The van der Waals surface area contributed by atoms with Crippen LogP contribution in [0.25, 0.3) is 28.0 Å². The molecular weight excluding hydrogens is 503 g/mol. The van der Waals surface area contributed by atoms with Crippen LogP contribution in [0, 0.1) is 0 Å². The first-order chi connectivity index (χ1) is 15.9. The maximum Gasteiger partial charge on any atom is 0.335 e. The fraction of sp³-hybridized carbons (Fsp3) is 0.200. The van der Waals surface area contributed by atoms with E-state index in [-0.39, 0.29) is 11.7 Å².